The van der Waals surface area contributed by atoms with Crippen molar-refractivity contribution in [2.75, 3.05) is 33.9 Å². The molecule has 6 nitrogen and oxygen atoms in total. The van der Waals surface area contributed by atoms with E-state index in [0.717, 1.165) is 16.9 Å². The Balaban J connectivity index is 1.84. The Morgan fingerprint density at radius 1 is 0.964 bits per heavy atom. The summed E-state index contributed by atoms with van der Waals surface area (Å²) < 4.78 is 16.6. The number of carbonyl (C=O) groups excluding carboxylic acids is 2. The summed E-state index contributed by atoms with van der Waals surface area (Å²) in [6, 6.07) is 10.9. The van der Waals surface area contributed by atoms with Gasteiger partial charge in [-0.1, -0.05) is 6.07 Å². The van der Waals surface area contributed by atoms with Crippen LogP contribution in [0.1, 0.15) is 28.4 Å². The third-order valence-electron chi connectivity index (χ3n) is 4.24. The van der Waals surface area contributed by atoms with Crippen LogP contribution in [-0.2, 0) is 4.79 Å². The van der Waals surface area contributed by atoms with E-state index in [1.807, 2.05) is 26.0 Å². The molecule has 0 saturated heterocycles. The summed E-state index contributed by atoms with van der Waals surface area (Å²) in [5.74, 6) is 1.39. The standard InChI is InChI=1S/C22H27NO5/c1-15-10-16(2)12-19(11-15)27-9-8-23(4)22(25)14-28-20-7-6-18(17(3)24)13-21(20)26-5/h6-7,10-13H,8-9,14H2,1-5H3. The van der Waals surface area contributed by atoms with E-state index in [-0.39, 0.29) is 18.3 Å². The number of benzene rings is 2. The monoisotopic (exact) mass is 385 g/mol. The van der Waals surface area contributed by atoms with Crippen LogP contribution in [0.15, 0.2) is 36.4 Å². The molecule has 2 aromatic carbocycles. The van der Waals surface area contributed by atoms with Crippen LogP contribution in [0.5, 0.6) is 17.2 Å². The maximum atomic E-state index is 12.3. The SMILES string of the molecule is COc1cc(C(C)=O)ccc1OCC(=O)N(C)CCOc1cc(C)cc(C)c1. The van der Waals surface area contributed by atoms with Gasteiger partial charge >= 0.3 is 0 Å². The van der Waals surface area contributed by atoms with Gasteiger partial charge in [-0.15, -0.1) is 0 Å². The predicted molar refractivity (Wildman–Crippen MR) is 108 cm³/mol. The molecular weight excluding hydrogens is 358 g/mol. The number of carbonyl (C=O) groups is 2. The van der Waals surface area contributed by atoms with E-state index in [9.17, 15) is 9.59 Å². The van der Waals surface area contributed by atoms with Crippen LogP contribution in [0.25, 0.3) is 0 Å². The summed E-state index contributed by atoms with van der Waals surface area (Å²) in [6.45, 7) is 6.22. The minimum Gasteiger partial charge on any atom is -0.493 e. The molecule has 0 aromatic heterocycles. The second-order valence-electron chi connectivity index (χ2n) is 6.70. The first-order valence-corrected chi connectivity index (χ1v) is 9.07. The van der Waals surface area contributed by atoms with Crippen LogP contribution in [0.4, 0.5) is 0 Å². The molecule has 0 aliphatic rings. The molecule has 28 heavy (non-hydrogen) atoms. The van der Waals surface area contributed by atoms with E-state index >= 15 is 0 Å². The van der Waals surface area contributed by atoms with E-state index in [1.165, 1.54) is 14.0 Å². The zero-order chi connectivity index (χ0) is 20.7. The Morgan fingerprint density at radius 3 is 2.25 bits per heavy atom. The summed E-state index contributed by atoms with van der Waals surface area (Å²) in [7, 11) is 3.19. The fraction of sp³-hybridized carbons (Fsp3) is 0.364. The highest BCUT2D eigenvalue weighted by atomic mass is 16.5. The van der Waals surface area contributed by atoms with Crippen molar-refractivity contribution in [2.45, 2.75) is 20.8 Å². The van der Waals surface area contributed by atoms with Crippen LogP contribution in [0, 0.1) is 13.8 Å². The number of rotatable bonds is 9. The Kier molecular flexibility index (Phi) is 7.44. The number of Topliss-reactive ketones (excluding diaryl/α,β-unsaturated/α-hetero) is 1. The van der Waals surface area contributed by atoms with Gasteiger partial charge in [-0.25, -0.2) is 0 Å². The summed E-state index contributed by atoms with van der Waals surface area (Å²) in [5.41, 5.74) is 2.80. The van der Waals surface area contributed by atoms with Crippen LogP contribution in [-0.4, -0.2) is 50.5 Å². The van der Waals surface area contributed by atoms with E-state index < -0.39 is 0 Å². The van der Waals surface area contributed by atoms with E-state index in [4.69, 9.17) is 14.2 Å². The number of ketones is 1. The van der Waals surface area contributed by atoms with Gasteiger partial charge in [0.1, 0.15) is 12.4 Å². The Hall–Kier alpha value is -3.02. The third-order valence-corrected chi connectivity index (χ3v) is 4.24. The largest absolute Gasteiger partial charge is 0.493 e. The van der Waals surface area contributed by atoms with Crippen molar-refractivity contribution in [3.8, 4) is 17.2 Å². The molecule has 0 unspecified atom stereocenters. The van der Waals surface area contributed by atoms with Crippen molar-refractivity contribution in [3.63, 3.8) is 0 Å². The lowest BCUT2D eigenvalue weighted by Gasteiger charge is -2.18. The quantitative estimate of drug-likeness (QED) is 0.619. The molecule has 0 atom stereocenters. The molecule has 0 spiro atoms. The van der Waals surface area contributed by atoms with Crippen molar-refractivity contribution in [2.24, 2.45) is 0 Å². The topological polar surface area (TPSA) is 65.1 Å². The number of methoxy groups -OCH3 is 1. The minimum atomic E-state index is -0.179. The first-order valence-electron chi connectivity index (χ1n) is 9.07. The number of likely N-dealkylation sites (N-methyl/N-ethyl adjacent to an activating group) is 1. The normalized spacial score (nSPS) is 10.3. The molecule has 0 bridgehead atoms. The van der Waals surface area contributed by atoms with Gasteiger partial charge in [0.05, 0.1) is 13.7 Å². The van der Waals surface area contributed by atoms with Crippen LogP contribution in [0.3, 0.4) is 0 Å². The Labute approximate surface area is 166 Å². The van der Waals surface area contributed by atoms with Crippen molar-refractivity contribution in [1.29, 1.82) is 0 Å². The van der Waals surface area contributed by atoms with Gasteiger partial charge in [0.2, 0.25) is 0 Å². The van der Waals surface area contributed by atoms with Gasteiger partial charge in [0, 0.05) is 12.6 Å². The molecule has 0 aliphatic carbocycles. The van der Waals surface area contributed by atoms with Gasteiger partial charge < -0.3 is 19.1 Å². The fourth-order valence-corrected chi connectivity index (χ4v) is 2.70. The highest BCUT2D eigenvalue weighted by Crippen LogP contribution is 2.28. The summed E-state index contributed by atoms with van der Waals surface area (Å²) in [4.78, 5) is 25.3. The average Bonchev–Trinajstić information content (AvgIpc) is 2.64. The van der Waals surface area contributed by atoms with Crippen LogP contribution >= 0.6 is 0 Å². The lowest BCUT2D eigenvalue weighted by atomic mass is 10.1. The number of hydrogen-bond acceptors (Lipinski definition) is 5. The Morgan fingerprint density at radius 2 is 1.64 bits per heavy atom. The van der Waals surface area contributed by atoms with Gasteiger partial charge in [-0.3, -0.25) is 9.59 Å². The molecule has 0 aliphatic heterocycles. The average molecular weight is 385 g/mol. The maximum Gasteiger partial charge on any atom is 0.260 e. The lowest BCUT2D eigenvalue weighted by Crippen LogP contribution is -2.34. The van der Waals surface area contributed by atoms with Gasteiger partial charge in [0.15, 0.2) is 23.9 Å². The van der Waals surface area contributed by atoms with Crippen molar-refractivity contribution >= 4 is 11.7 Å². The summed E-state index contributed by atoms with van der Waals surface area (Å²) in [6.07, 6.45) is 0. The maximum absolute atomic E-state index is 12.3. The van der Waals surface area contributed by atoms with Crippen LogP contribution < -0.4 is 14.2 Å². The van der Waals surface area contributed by atoms with Gasteiger partial charge in [-0.05, 0) is 62.2 Å². The van der Waals surface area contributed by atoms with Crippen molar-refractivity contribution in [1.82, 2.24) is 4.90 Å². The number of hydrogen-bond donors (Lipinski definition) is 0. The first kappa shape index (κ1) is 21.3. The molecule has 6 heteroatoms. The predicted octanol–water partition coefficient (Wildman–Crippen LogP) is 3.43. The molecule has 0 saturated carbocycles. The zero-order valence-electron chi connectivity index (χ0n) is 17.1. The van der Waals surface area contributed by atoms with E-state index in [2.05, 4.69) is 6.07 Å². The summed E-state index contributed by atoms with van der Waals surface area (Å²) >= 11 is 0. The molecule has 150 valence electrons. The second kappa shape index (κ2) is 9.78. The zero-order valence-corrected chi connectivity index (χ0v) is 17.1. The number of amides is 1. The fourth-order valence-electron chi connectivity index (χ4n) is 2.70. The number of aryl methyl sites for hydroxylation is 2. The number of nitrogens with zero attached hydrogens (tertiary/aromatic N) is 1. The molecular formula is C22H27NO5. The number of ether oxygens (including phenoxy) is 3. The highest BCUT2D eigenvalue weighted by molar-refractivity contribution is 5.94. The molecule has 0 radical (unpaired) electrons. The second-order valence-corrected chi connectivity index (χ2v) is 6.70. The lowest BCUT2D eigenvalue weighted by molar-refractivity contribution is -0.132. The van der Waals surface area contributed by atoms with Crippen molar-refractivity contribution in [3.05, 3.63) is 53.1 Å². The van der Waals surface area contributed by atoms with E-state index in [0.29, 0.717) is 30.2 Å². The highest BCUT2D eigenvalue weighted by Gasteiger charge is 2.13. The first-order chi connectivity index (χ1) is 13.3. The smallest absolute Gasteiger partial charge is 0.260 e. The minimum absolute atomic E-state index is 0.0653. The van der Waals surface area contributed by atoms with E-state index in [1.54, 1.807) is 30.1 Å². The molecule has 2 aromatic rings. The van der Waals surface area contributed by atoms with Crippen LogP contribution in [0.2, 0.25) is 0 Å². The van der Waals surface area contributed by atoms with Gasteiger partial charge in [-0.2, -0.15) is 0 Å². The molecule has 0 heterocycles. The van der Waals surface area contributed by atoms with Gasteiger partial charge in [0.25, 0.3) is 5.91 Å². The molecule has 0 fully saturated rings. The van der Waals surface area contributed by atoms with Crippen molar-refractivity contribution < 1.29 is 23.8 Å². The molecule has 1 amide bonds. The Bertz CT molecular complexity index is 827. The third kappa shape index (κ3) is 6.01. The summed E-state index contributed by atoms with van der Waals surface area (Å²) in [5, 5.41) is 0. The molecule has 2 rings (SSSR count). The molecule has 0 N–H and O–H groups in total.